The molecular formula is C6H11N3O. The van der Waals surface area contributed by atoms with Crippen molar-refractivity contribution < 1.29 is 4.74 Å². The normalized spacial score (nSPS) is 10.2. The van der Waals surface area contributed by atoms with E-state index in [0.717, 1.165) is 12.2 Å². The first kappa shape index (κ1) is 7.21. The lowest BCUT2D eigenvalue weighted by Gasteiger charge is -1.90. The SMILES string of the molecule is CCn1ncc(COC)n1. The van der Waals surface area contributed by atoms with Crippen LogP contribution in [0.2, 0.25) is 0 Å². The molecule has 0 aliphatic rings. The lowest BCUT2D eigenvalue weighted by molar-refractivity contribution is 0.180. The number of aryl methyl sites for hydroxylation is 1. The summed E-state index contributed by atoms with van der Waals surface area (Å²) < 4.78 is 4.87. The molecule has 1 heterocycles. The van der Waals surface area contributed by atoms with E-state index in [1.54, 1.807) is 18.1 Å². The van der Waals surface area contributed by atoms with Gasteiger partial charge >= 0.3 is 0 Å². The van der Waals surface area contributed by atoms with Crippen LogP contribution in [0.15, 0.2) is 6.20 Å². The van der Waals surface area contributed by atoms with E-state index in [1.807, 2.05) is 6.92 Å². The molecule has 4 nitrogen and oxygen atoms in total. The number of rotatable bonds is 3. The highest BCUT2D eigenvalue weighted by Gasteiger charge is 1.95. The molecule has 0 amide bonds. The predicted octanol–water partition coefficient (Wildman–Crippen LogP) is 0.444. The minimum Gasteiger partial charge on any atom is -0.378 e. The van der Waals surface area contributed by atoms with E-state index < -0.39 is 0 Å². The number of methoxy groups -OCH3 is 1. The largest absolute Gasteiger partial charge is 0.378 e. The molecular weight excluding hydrogens is 130 g/mol. The molecule has 0 fully saturated rings. The molecule has 56 valence electrons. The van der Waals surface area contributed by atoms with Crippen molar-refractivity contribution in [3.63, 3.8) is 0 Å². The van der Waals surface area contributed by atoms with E-state index in [0.29, 0.717) is 6.61 Å². The molecule has 0 aliphatic heterocycles. The number of hydrogen-bond acceptors (Lipinski definition) is 3. The fourth-order valence-electron chi connectivity index (χ4n) is 0.700. The number of hydrogen-bond donors (Lipinski definition) is 0. The summed E-state index contributed by atoms with van der Waals surface area (Å²) in [5.41, 5.74) is 0.879. The van der Waals surface area contributed by atoms with Crippen molar-refractivity contribution in [2.45, 2.75) is 20.1 Å². The van der Waals surface area contributed by atoms with Crippen molar-refractivity contribution in [2.75, 3.05) is 7.11 Å². The maximum absolute atomic E-state index is 4.87. The minimum atomic E-state index is 0.542. The van der Waals surface area contributed by atoms with Gasteiger partial charge in [-0.3, -0.25) is 0 Å². The summed E-state index contributed by atoms with van der Waals surface area (Å²) in [4.78, 5) is 1.63. The molecule has 0 unspecified atom stereocenters. The van der Waals surface area contributed by atoms with Crippen molar-refractivity contribution >= 4 is 0 Å². The fourth-order valence-corrected chi connectivity index (χ4v) is 0.700. The second kappa shape index (κ2) is 3.31. The zero-order valence-corrected chi connectivity index (χ0v) is 6.24. The number of ether oxygens (including phenoxy) is 1. The van der Waals surface area contributed by atoms with Crippen molar-refractivity contribution in [2.24, 2.45) is 0 Å². The molecule has 0 saturated heterocycles. The van der Waals surface area contributed by atoms with E-state index in [2.05, 4.69) is 10.2 Å². The Hall–Kier alpha value is -0.900. The lowest BCUT2D eigenvalue weighted by Crippen LogP contribution is -1.99. The third-order valence-electron chi connectivity index (χ3n) is 1.16. The van der Waals surface area contributed by atoms with Gasteiger partial charge in [-0.1, -0.05) is 0 Å². The van der Waals surface area contributed by atoms with Gasteiger partial charge in [0.25, 0.3) is 0 Å². The Balaban J connectivity index is 2.59. The molecule has 0 saturated carbocycles. The van der Waals surface area contributed by atoms with Crippen LogP contribution in [0.1, 0.15) is 12.6 Å². The predicted molar refractivity (Wildman–Crippen MR) is 36.4 cm³/mol. The number of nitrogens with zero attached hydrogens (tertiary/aromatic N) is 3. The molecule has 0 aliphatic carbocycles. The van der Waals surface area contributed by atoms with E-state index >= 15 is 0 Å². The minimum absolute atomic E-state index is 0.542. The Morgan fingerprint density at radius 1 is 1.70 bits per heavy atom. The average Bonchev–Trinajstić information content (AvgIpc) is 2.37. The van der Waals surface area contributed by atoms with E-state index in [1.165, 1.54) is 0 Å². The van der Waals surface area contributed by atoms with E-state index in [-0.39, 0.29) is 0 Å². The topological polar surface area (TPSA) is 39.9 Å². The second-order valence-electron chi connectivity index (χ2n) is 1.96. The van der Waals surface area contributed by atoms with Crippen LogP contribution >= 0.6 is 0 Å². The molecule has 1 aromatic heterocycles. The first-order chi connectivity index (χ1) is 4.86. The van der Waals surface area contributed by atoms with E-state index in [4.69, 9.17) is 4.74 Å². The maximum atomic E-state index is 4.87. The van der Waals surface area contributed by atoms with Gasteiger partial charge in [-0.2, -0.15) is 15.0 Å². The standard InChI is InChI=1S/C6H11N3O/c1-3-9-7-4-6(8-9)5-10-2/h4H,3,5H2,1-2H3. The summed E-state index contributed by atoms with van der Waals surface area (Å²) in [5.74, 6) is 0. The van der Waals surface area contributed by atoms with Gasteiger partial charge in [0.05, 0.1) is 19.3 Å². The van der Waals surface area contributed by atoms with Crippen LogP contribution in [0.5, 0.6) is 0 Å². The summed E-state index contributed by atoms with van der Waals surface area (Å²) in [7, 11) is 1.64. The highest BCUT2D eigenvalue weighted by atomic mass is 16.5. The maximum Gasteiger partial charge on any atom is 0.108 e. The van der Waals surface area contributed by atoms with Crippen LogP contribution in [-0.2, 0) is 17.9 Å². The molecule has 1 aromatic rings. The summed E-state index contributed by atoms with van der Waals surface area (Å²) in [6, 6.07) is 0. The van der Waals surface area contributed by atoms with Gasteiger partial charge in [-0.15, -0.1) is 0 Å². The van der Waals surface area contributed by atoms with Gasteiger partial charge in [0.1, 0.15) is 5.69 Å². The Labute approximate surface area is 59.8 Å². The highest BCUT2D eigenvalue weighted by molar-refractivity contribution is 4.87. The molecule has 0 aromatic carbocycles. The van der Waals surface area contributed by atoms with E-state index in [9.17, 15) is 0 Å². The molecule has 0 N–H and O–H groups in total. The molecule has 10 heavy (non-hydrogen) atoms. The number of aromatic nitrogens is 3. The van der Waals surface area contributed by atoms with Crippen LogP contribution in [0, 0.1) is 0 Å². The van der Waals surface area contributed by atoms with Crippen molar-refractivity contribution in [3.8, 4) is 0 Å². The Morgan fingerprint density at radius 3 is 3.00 bits per heavy atom. The van der Waals surface area contributed by atoms with Gasteiger partial charge in [0, 0.05) is 7.11 Å². The Morgan fingerprint density at radius 2 is 2.50 bits per heavy atom. The summed E-state index contributed by atoms with van der Waals surface area (Å²) in [6.45, 7) is 3.35. The summed E-state index contributed by atoms with van der Waals surface area (Å²) in [5, 5.41) is 8.08. The smallest absolute Gasteiger partial charge is 0.108 e. The van der Waals surface area contributed by atoms with Crippen molar-refractivity contribution in [3.05, 3.63) is 11.9 Å². The fraction of sp³-hybridized carbons (Fsp3) is 0.667. The molecule has 0 radical (unpaired) electrons. The Kier molecular flexibility index (Phi) is 2.39. The van der Waals surface area contributed by atoms with Gasteiger partial charge in [0.2, 0.25) is 0 Å². The third kappa shape index (κ3) is 1.54. The highest BCUT2D eigenvalue weighted by Crippen LogP contribution is 1.92. The summed E-state index contributed by atoms with van der Waals surface area (Å²) in [6.07, 6.45) is 1.72. The van der Waals surface area contributed by atoms with Crippen molar-refractivity contribution in [1.82, 2.24) is 15.0 Å². The van der Waals surface area contributed by atoms with Gasteiger partial charge in [0.15, 0.2) is 0 Å². The Bertz CT molecular complexity index is 197. The van der Waals surface area contributed by atoms with Gasteiger partial charge in [-0.05, 0) is 6.92 Å². The van der Waals surface area contributed by atoms with Crippen molar-refractivity contribution in [1.29, 1.82) is 0 Å². The quantitative estimate of drug-likeness (QED) is 0.613. The van der Waals surface area contributed by atoms with Crippen LogP contribution < -0.4 is 0 Å². The molecule has 0 bridgehead atoms. The van der Waals surface area contributed by atoms with Crippen LogP contribution in [0.25, 0.3) is 0 Å². The third-order valence-corrected chi connectivity index (χ3v) is 1.16. The van der Waals surface area contributed by atoms with Gasteiger partial charge < -0.3 is 4.74 Å². The van der Waals surface area contributed by atoms with Crippen LogP contribution in [0.3, 0.4) is 0 Å². The van der Waals surface area contributed by atoms with Gasteiger partial charge in [-0.25, -0.2) is 0 Å². The zero-order chi connectivity index (χ0) is 7.40. The molecule has 0 spiro atoms. The second-order valence-corrected chi connectivity index (χ2v) is 1.96. The molecule has 4 heteroatoms. The first-order valence-corrected chi connectivity index (χ1v) is 3.24. The lowest BCUT2D eigenvalue weighted by atomic mass is 10.5. The average molecular weight is 141 g/mol. The van der Waals surface area contributed by atoms with Crippen LogP contribution in [0.4, 0.5) is 0 Å². The molecule has 1 rings (SSSR count). The van der Waals surface area contributed by atoms with Crippen LogP contribution in [-0.4, -0.2) is 22.1 Å². The zero-order valence-electron chi connectivity index (χ0n) is 6.24. The summed E-state index contributed by atoms with van der Waals surface area (Å²) >= 11 is 0. The molecule has 0 atom stereocenters. The monoisotopic (exact) mass is 141 g/mol. The first-order valence-electron chi connectivity index (χ1n) is 3.24.